The minimum absolute atomic E-state index is 0.0304. The maximum atomic E-state index is 5.85. The molecule has 84 valence electrons. The Morgan fingerprint density at radius 3 is 2.69 bits per heavy atom. The second-order valence-electron chi connectivity index (χ2n) is 3.96. The molecule has 16 heavy (non-hydrogen) atoms. The van der Waals surface area contributed by atoms with Gasteiger partial charge in [0, 0.05) is 16.7 Å². The van der Waals surface area contributed by atoms with Crippen LogP contribution in [0.4, 0.5) is 0 Å². The summed E-state index contributed by atoms with van der Waals surface area (Å²) in [6.45, 7) is 3.99. The molecule has 1 aromatic carbocycles. The summed E-state index contributed by atoms with van der Waals surface area (Å²) in [7, 11) is 0. The van der Waals surface area contributed by atoms with Crippen molar-refractivity contribution in [3.05, 3.63) is 46.2 Å². The van der Waals surface area contributed by atoms with Crippen molar-refractivity contribution in [3.63, 3.8) is 0 Å². The number of nitrogens with zero attached hydrogens (tertiary/aromatic N) is 2. The molecule has 0 spiro atoms. The molecule has 0 aliphatic carbocycles. The van der Waals surface area contributed by atoms with E-state index in [4.69, 9.17) is 5.73 Å². The van der Waals surface area contributed by atoms with E-state index in [0.717, 1.165) is 21.3 Å². The quantitative estimate of drug-likeness (QED) is 0.919. The van der Waals surface area contributed by atoms with E-state index in [1.165, 1.54) is 0 Å². The van der Waals surface area contributed by atoms with Crippen LogP contribution in [0.15, 0.2) is 35.1 Å². The predicted octanol–water partition coefficient (Wildman–Crippen LogP) is 2.96. The Labute approximate surface area is 103 Å². The standard InChI is InChI=1S/C12H14BrN3/c1-8-6-15-16(7-8)10-3-4-11(9(2)14)12(13)5-10/h3-7,9H,14H2,1-2H3/t9-/m1/s1. The molecule has 0 saturated carbocycles. The monoisotopic (exact) mass is 279 g/mol. The van der Waals surface area contributed by atoms with E-state index in [9.17, 15) is 0 Å². The summed E-state index contributed by atoms with van der Waals surface area (Å²) >= 11 is 3.53. The van der Waals surface area contributed by atoms with E-state index >= 15 is 0 Å². The summed E-state index contributed by atoms with van der Waals surface area (Å²) in [5.41, 5.74) is 9.14. The van der Waals surface area contributed by atoms with Gasteiger partial charge in [0.2, 0.25) is 0 Å². The number of hydrogen-bond acceptors (Lipinski definition) is 2. The fourth-order valence-electron chi connectivity index (χ4n) is 1.58. The Bertz CT molecular complexity index is 503. The van der Waals surface area contributed by atoms with Crippen LogP contribution in [0.3, 0.4) is 0 Å². The fourth-order valence-corrected chi connectivity index (χ4v) is 2.31. The third kappa shape index (κ3) is 2.18. The Balaban J connectivity index is 2.42. The molecule has 4 heteroatoms. The first-order valence-corrected chi connectivity index (χ1v) is 5.94. The van der Waals surface area contributed by atoms with Crippen molar-refractivity contribution in [1.82, 2.24) is 9.78 Å². The Morgan fingerprint density at radius 1 is 1.44 bits per heavy atom. The molecule has 2 rings (SSSR count). The number of rotatable bonds is 2. The van der Waals surface area contributed by atoms with E-state index in [2.05, 4.69) is 21.0 Å². The van der Waals surface area contributed by atoms with Gasteiger partial charge in [0.25, 0.3) is 0 Å². The first-order valence-electron chi connectivity index (χ1n) is 5.14. The van der Waals surface area contributed by atoms with E-state index in [0.29, 0.717) is 0 Å². The molecule has 0 unspecified atom stereocenters. The summed E-state index contributed by atoms with van der Waals surface area (Å²) in [4.78, 5) is 0. The molecule has 0 aliphatic heterocycles. The van der Waals surface area contributed by atoms with Gasteiger partial charge in [0.05, 0.1) is 11.9 Å². The number of aromatic nitrogens is 2. The second kappa shape index (κ2) is 4.39. The summed E-state index contributed by atoms with van der Waals surface area (Å²) in [5.74, 6) is 0. The highest BCUT2D eigenvalue weighted by Crippen LogP contribution is 2.24. The number of benzene rings is 1. The molecule has 2 aromatic rings. The zero-order chi connectivity index (χ0) is 11.7. The van der Waals surface area contributed by atoms with Crippen molar-refractivity contribution in [2.75, 3.05) is 0 Å². The van der Waals surface area contributed by atoms with Gasteiger partial charge < -0.3 is 5.73 Å². The fraction of sp³-hybridized carbons (Fsp3) is 0.250. The molecule has 1 atom stereocenters. The molecule has 0 amide bonds. The summed E-state index contributed by atoms with van der Waals surface area (Å²) in [5, 5.41) is 4.27. The molecular formula is C12H14BrN3. The van der Waals surface area contributed by atoms with Gasteiger partial charge in [-0.1, -0.05) is 22.0 Å². The van der Waals surface area contributed by atoms with Crippen LogP contribution in [0.2, 0.25) is 0 Å². The lowest BCUT2D eigenvalue weighted by Crippen LogP contribution is -2.06. The lowest BCUT2D eigenvalue weighted by atomic mass is 10.1. The summed E-state index contributed by atoms with van der Waals surface area (Å²) in [6, 6.07) is 6.12. The van der Waals surface area contributed by atoms with Crippen LogP contribution in [0.1, 0.15) is 24.1 Å². The molecule has 1 heterocycles. The third-order valence-electron chi connectivity index (χ3n) is 2.45. The van der Waals surface area contributed by atoms with Crippen molar-refractivity contribution < 1.29 is 0 Å². The molecular weight excluding hydrogens is 266 g/mol. The minimum atomic E-state index is 0.0304. The summed E-state index contributed by atoms with van der Waals surface area (Å²) in [6.07, 6.45) is 3.83. The van der Waals surface area contributed by atoms with E-state index < -0.39 is 0 Å². The maximum absolute atomic E-state index is 5.85. The zero-order valence-corrected chi connectivity index (χ0v) is 10.9. The molecule has 2 N–H and O–H groups in total. The van der Waals surface area contributed by atoms with Crippen LogP contribution >= 0.6 is 15.9 Å². The summed E-state index contributed by atoms with van der Waals surface area (Å²) < 4.78 is 2.87. The zero-order valence-electron chi connectivity index (χ0n) is 9.31. The van der Waals surface area contributed by atoms with Gasteiger partial charge >= 0.3 is 0 Å². The van der Waals surface area contributed by atoms with Crippen molar-refractivity contribution in [1.29, 1.82) is 0 Å². The van der Waals surface area contributed by atoms with Gasteiger partial charge in [-0.3, -0.25) is 0 Å². The molecule has 0 radical (unpaired) electrons. The van der Waals surface area contributed by atoms with Gasteiger partial charge in [-0.05, 0) is 37.1 Å². The Morgan fingerprint density at radius 2 is 2.19 bits per heavy atom. The van der Waals surface area contributed by atoms with Crippen LogP contribution in [-0.2, 0) is 0 Å². The van der Waals surface area contributed by atoms with Crippen LogP contribution in [0.5, 0.6) is 0 Å². The average Bonchev–Trinajstić information content (AvgIpc) is 2.64. The molecule has 0 fully saturated rings. The topological polar surface area (TPSA) is 43.8 Å². The number of hydrogen-bond donors (Lipinski definition) is 1. The molecule has 0 bridgehead atoms. The largest absolute Gasteiger partial charge is 0.324 e. The van der Waals surface area contributed by atoms with Gasteiger partial charge in [-0.15, -0.1) is 0 Å². The Kier molecular flexibility index (Phi) is 3.12. The van der Waals surface area contributed by atoms with Crippen molar-refractivity contribution in [2.24, 2.45) is 5.73 Å². The number of aryl methyl sites for hydroxylation is 1. The first kappa shape index (κ1) is 11.4. The normalized spacial score (nSPS) is 12.8. The van der Waals surface area contributed by atoms with Crippen molar-refractivity contribution in [3.8, 4) is 5.69 Å². The van der Waals surface area contributed by atoms with Crippen molar-refractivity contribution >= 4 is 15.9 Å². The lowest BCUT2D eigenvalue weighted by molar-refractivity contribution is 0.809. The van der Waals surface area contributed by atoms with E-state index in [-0.39, 0.29) is 6.04 Å². The SMILES string of the molecule is Cc1cnn(-c2ccc([C@@H](C)N)c(Br)c2)c1. The number of halogens is 1. The molecule has 0 aliphatic rings. The maximum Gasteiger partial charge on any atom is 0.0657 e. The van der Waals surface area contributed by atoms with Crippen LogP contribution in [0.25, 0.3) is 5.69 Å². The van der Waals surface area contributed by atoms with Crippen LogP contribution < -0.4 is 5.73 Å². The lowest BCUT2D eigenvalue weighted by Gasteiger charge is -2.10. The third-order valence-corrected chi connectivity index (χ3v) is 3.14. The highest BCUT2D eigenvalue weighted by molar-refractivity contribution is 9.10. The number of nitrogens with two attached hydrogens (primary N) is 1. The smallest absolute Gasteiger partial charge is 0.0657 e. The van der Waals surface area contributed by atoms with Gasteiger partial charge in [-0.25, -0.2) is 4.68 Å². The van der Waals surface area contributed by atoms with Gasteiger partial charge in [0.15, 0.2) is 0 Å². The average molecular weight is 280 g/mol. The first-order chi connectivity index (χ1) is 7.58. The molecule has 0 saturated heterocycles. The highest BCUT2D eigenvalue weighted by Gasteiger charge is 2.06. The van der Waals surface area contributed by atoms with E-state index in [1.54, 1.807) is 0 Å². The van der Waals surface area contributed by atoms with Gasteiger partial charge in [-0.2, -0.15) is 5.10 Å². The second-order valence-corrected chi connectivity index (χ2v) is 4.81. The van der Waals surface area contributed by atoms with Crippen LogP contribution in [0, 0.1) is 6.92 Å². The van der Waals surface area contributed by atoms with Gasteiger partial charge in [0.1, 0.15) is 0 Å². The molecule has 3 nitrogen and oxygen atoms in total. The Hall–Kier alpha value is -1.13. The highest BCUT2D eigenvalue weighted by atomic mass is 79.9. The van der Waals surface area contributed by atoms with Crippen molar-refractivity contribution in [2.45, 2.75) is 19.9 Å². The van der Waals surface area contributed by atoms with E-state index in [1.807, 2.05) is 49.1 Å². The predicted molar refractivity (Wildman–Crippen MR) is 68.6 cm³/mol. The molecule has 1 aromatic heterocycles. The van der Waals surface area contributed by atoms with Crippen LogP contribution in [-0.4, -0.2) is 9.78 Å². The minimum Gasteiger partial charge on any atom is -0.324 e.